The summed E-state index contributed by atoms with van der Waals surface area (Å²) in [7, 11) is 1.88. The Morgan fingerprint density at radius 3 is 2.40 bits per heavy atom. The second-order valence-electron chi connectivity index (χ2n) is 9.10. The van der Waals surface area contributed by atoms with E-state index in [1.54, 1.807) is 0 Å². The van der Waals surface area contributed by atoms with Gasteiger partial charge in [0.15, 0.2) is 5.96 Å². The second kappa shape index (κ2) is 11.2. The van der Waals surface area contributed by atoms with E-state index in [4.69, 9.17) is 4.99 Å². The molecule has 0 atom stereocenters. The first kappa shape index (κ1) is 24.0. The fraction of sp³-hybridized carbons (Fsp3) is 0.652. The molecule has 1 aliphatic rings. The third kappa shape index (κ3) is 7.86. The zero-order chi connectivity index (χ0) is 22.1. The van der Waals surface area contributed by atoms with E-state index in [9.17, 15) is 9.90 Å². The zero-order valence-corrected chi connectivity index (χ0v) is 19.2. The number of nitrogens with zero attached hydrogens (tertiary/aromatic N) is 3. The summed E-state index contributed by atoms with van der Waals surface area (Å²) in [6.07, 6.45) is 2.09. The standard InChI is InChI=1S/C23H39N5O2/c1-6-24-22(27(5)16-21(30)26-23(2,3)4)25-15-18-7-9-20(10-8-18)28-13-11-19(17-29)12-14-28/h7-10,19,29H,6,11-17H2,1-5H3,(H,24,25)(H,26,30). The highest BCUT2D eigenvalue weighted by molar-refractivity contribution is 5.86. The Hall–Kier alpha value is -2.28. The summed E-state index contributed by atoms with van der Waals surface area (Å²) in [5.41, 5.74) is 2.11. The second-order valence-corrected chi connectivity index (χ2v) is 9.10. The number of likely N-dealkylation sites (N-methyl/N-ethyl adjacent to an activating group) is 1. The minimum absolute atomic E-state index is 0.0232. The molecule has 30 heavy (non-hydrogen) atoms. The molecule has 0 aliphatic carbocycles. The predicted octanol–water partition coefficient (Wildman–Crippen LogP) is 2.21. The lowest BCUT2D eigenvalue weighted by atomic mass is 9.97. The number of piperidine rings is 1. The number of benzene rings is 1. The summed E-state index contributed by atoms with van der Waals surface area (Å²) >= 11 is 0. The number of carbonyl (C=O) groups excluding carboxylic acids is 1. The van der Waals surface area contributed by atoms with Gasteiger partial charge in [-0.3, -0.25) is 4.79 Å². The van der Waals surface area contributed by atoms with Crippen molar-refractivity contribution >= 4 is 17.6 Å². The number of nitrogens with one attached hydrogen (secondary N) is 2. The molecule has 168 valence electrons. The molecule has 0 spiro atoms. The van der Waals surface area contributed by atoms with Gasteiger partial charge in [0, 0.05) is 44.5 Å². The Morgan fingerprint density at radius 2 is 1.87 bits per heavy atom. The minimum Gasteiger partial charge on any atom is -0.396 e. The third-order valence-corrected chi connectivity index (χ3v) is 5.18. The molecule has 0 saturated carbocycles. The lowest BCUT2D eigenvalue weighted by Gasteiger charge is -2.32. The van der Waals surface area contributed by atoms with Crippen molar-refractivity contribution in [3.05, 3.63) is 29.8 Å². The Labute approximate surface area is 181 Å². The van der Waals surface area contributed by atoms with Crippen LogP contribution < -0.4 is 15.5 Å². The first-order valence-corrected chi connectivity index (χ1v) is 11.0. The Morgan fingerprint density at radius 1 is 1.23 bits per heavy atom. The SMILES string of the molecule is CCNC(=NCc1ccc(N2CCC(CO)CC2)cc1)N(C)CC(=O)NC(C)(C)C. The smallest absolute Gasteiger partial charge is 0.240 e. The molecule has 1 aliphatic heterocycles. The van der Waals surface area contributed by atoms with Gasteiger partial charge in [-0.15, -0.1) is 0 Å². The number of rotatable bonds is 7. The largest absolute Gasteiger partial charge is 0.396 e. The van der Waals surface area contributed by atoms with Gasteiger partial charge in [0.1, 0.15) is 0 Å². The van der Waals surface area contributed by atoms with Gasteiger partial charge in [-0.05, 0) is 64.2 Å². The van der Waals surface area contributed by atoms with Crippen LogP contribution in [0.15, 0.2) is 29.3 Å². The lowest BCUT2D eigenvalue weighted by Crippen LogP contribution is -2.48. The van der Waals surface area contributed by atoms with Crippen LogP contribution in [-0.2, 0) is 11.3 Å². The van der Waals surface area contributed by atoms with Crippen LogP contribution in [0.3, 0.4) is 0 Å². The van der Waals surface area contributed by atoms with Crippen molar-refractivity contribution < 1.29 is 9.90 Å². The summed E-state index contributed by atoms with van der Waals surface area (Å²) < 4.78 is 0. The van der Waals surface area contributed by atoms with Gasteiger partial charge in [0.05, 0.1) is 13.1 Å². The van der Waals surface area contributed by atoms with Crippen LogP contribution in [0.4, 0.5) is 5.69 Å². The highest BCUT2D eigenvalue weighted by atomic mass is 16.3. The molecule has 0 aromatic heterocycles. The van der Waals surface area contributed by atoms with E-state index in [0.717, 1.165) is 44.0 Å². The molecular formula is C23H39N5O2. The molecule has 3 N–H and O–H groups in total. The van der Waals surface area contributed by atoms with E-state index in [1.165, 1.54) is 5.69 Å². The number of amides is 1. The molecule has 0 bridgehead atoms. The molecule has 1 aromatic carbocycles. The van der Waals surface area contributed by atoms with E-state index in [1.807, 2.05) is 39.6 Å². The van der Waals surface area contributed by atoms with Crippen LogP contribution in [0, 0.1) is 5.92 Å². The van der Waals surface area contributed by atoms with E-state index >= 15 is 0 Å². The van der Waals surface area contributed by atoms with Crippen LogP contribution in [0.5, 0.6) is 0 Å². The molecule has 2 rings (SSSR count). The quantitative estimate of drug-likeness (QED) is 0.468. The minimum atomic E-state index is -0.247. The third-order valence-electron chi connectivity index (χ3n) is 5.18. The number of aliphatic imine (C=N–C) groups is 1. The number of hydrogen-bond acceptors (Lipinski definition) is 4. The molecule has 1 amide bonds. The normalized spacial score (nSPS) is 15.8. The van der Waals surface area contributed by atoms with E-state index in [0.29, 0.717) is 19.1 Å². The monoisotopic (exact) mass is 417 g/mol. The van der Waals surface area contributed by atoms with Gasteiger partial charge >= 0.3 is 0 Å². The fourth-order valence-electron chi connectivity index (χ4n) is 3.57. The lowest BCUT2D eigenvalue weighted by molar-refractivity contribution is -0.122. The Balaban J connectivity index is 1.94. The van der Waals surface area contributed by atoms with Gasteiger partial charge in [0.2, 0.25) is 5.91 Å². The molecule has 0 unspecified atom stereocenters. The number of anilines is 1. The molecule has 7 heteroatoms. The summed E-state index contributed by atoms with van der Waals surface area (Å²) in [4.78, 5) is 21.2. The van der Waals surface area contributed by atoms with Gasteiger partial charge in [0.25, 0.3) is 0 Å². The number of aliphatic hydroxyl groups excluding tert-OH is 1. The van der Waals surface area contributed by atoms with Crippen molar-refractivity contribution in [3.8, 4) is 0 Å². The molecule has 0 radical (unpaired) electrons. The molecule has 7 nitrogen and oxygen atoms in total. The van der Waals surface area contributed by atoms with Gasteiger partial charge in [-0.1, -0.05) is 12.1 Å². The summed E-state index contributed by atoms with van der Waals surface area (Å²) in [6, 6.07) is 8.54. The molecule has 1 fully saturated rings. The predicted molar refractivity (Wildman–Crippen MR) is 124 cm³/mol. The van der Waals surface area contributed by atoms with E-state index in [2.05, 4.69) is 39.8 Å². The summed E-state index contributed by atoms with van der Waals surface area (Å²) in [5, 5.41) is 15.5. The number of guanidine groups is 1. The van der Waals surface area contributed by atoms with Crippen molar-refractivity contribution in [1.29, 1.82) is 0 Å². The van der Waals surface area contributed by atoms with Crippen molar-refractivity contribution in [2.75, 3.05) is 44.7 Å². The average molecular weight is 418 g/mol. The van der Waals surface area contributed by atoms with Crippen molar-refractivity contribution in [1.82, 2.24) is 15.5 Å². The maximum Gasteiger partial charge on any atom is 0.240 e. The molecule has 1 aromatic rings. The van der Waals surface area contributed by atoms with Crippen LogP contribution in [0.1, 0.15) is 46.1 Å². The first-order chi connectivity index (χ1) is 14.2. The van der Waals surface area contributed by atoms with Crippen LogP contribution in [-0.4, -0.2) is 67.2 Å². The van der Waals surface area contributed by atoms with Crippen molar-refractivity contribution in [3.63, 3.8) is 0 Å². The van der Waals surface area contributed by atoms with E-state index in [-0.39, 0.29) is 18.0 Å². The highest BCUT2D eigenvalue weighted by Crippen LogP contribution is 2.23. The summed E-state index contributed by atoms with van der Waals surface area (Å²) in [6.45, 7) is 11.8. The van der Waals surface area contributed by atoms with Crippen LogP contribution in [0.2, 0.25) is 0 Å². The maximum absolute atomic E-state index is 12.2. The molecule has 1 saturated heterocycles. The van der Waals surface area contributed by atoms with Gasteiger partial charge in [-0.25, -0.2) is 4.99 Å². The van der Waals surface area contributed by atoms with Crippen molar-refractivity contribution in [2.24, 2.45) is 10.9 Å². The first-order valence-electron chi connectivity index (χ1n) is 11.0. The van der Waals surface area contributed by atoms with Crippen LogP contribution in [0.25, 0.3) is 0 Å². The zero-order valence-electron chi connectivity index (χ0n) is 19.2. The Kier molecular flexibility index (Phi) is 8.96. The topological polar surface area (TPSA) is 80.2 Å². The average Bonchev–Trinajstić information content (AvgIpc) is 2.70. The highest BCUT2D eigenvalue weighted by Gasteiger charge is 2.19. The molecular weight excluding hydrogens is 378 g/mol. The fourth-order valence-corrected chi connectivity index (χ4v) is 3.57. The van der Waals surface area contributed by atoms with E-state index < -0.39 is 0 Å². The number of hydrogen-bond donors (Lipinski definition) is 3. The van der Waals surface area contributed by atoms with Gasteiger partial charge < -0.3 is 25.5 Å². The Bertz CT molecular complexity index is 689. The number of aliphatic hydroxyl groups is 1. The van der Waals surface area contributed by atoms with Crippen molar-refractivity contribution in [2.45, 2.75) is 52.6 Å². The number of carbonyl (C=O) groups is 1. The summed E-state index contributed by atoms with van der Waals surface area (Å²) in [5.74, 6) is 1.14. The maximum atomic E-state index is 12.2. The van der Waals surface area contributed by atoms with Crippen LogP contribution >= 0.6 is 0 Å². The molecule has 1 heterocycles. The van der Waals surface area contributed by atoms with Gasteiger partial charge in [-0.2, -0.15) is 0 Å².